The van der Waals surface area contributed by atoms with Gasteiger partial charge in [0, 0.05) is 19.3 Å². The molecule has 0 aliphatic rings. The van der Waals surface area contributed by atoms with Crippen LogP contribution in [0.2, 0.25) is 0 Å². The summed E-state index contributed by atoms with van der Waals surface area (Å²) < 4.78 is 6.30. The molecule has 4 nitrogen and oxygen atoms in total. The summed E-state index contributed by atoms with van der Waals surface area (Å²) in [6, 6.07) is 3.51. The summed E-state index contributed by atoms with van der Waals surface area (Å²) >= 11 is 0. The topological polar surface area (TPSA) is 57.2 Å². The molecule has 2 N–H and O–H groups in total. The minimum absolute atomic E-state index is 0.336. The zero-order chi connectivity index (χ0) is 9.14. The minimum Gasteiger partial charge on any atom is -0.464 e. The molecule has 0 aromatic carbocycles. The van der Waals surface area contributed by atoms with Crippen molar-refractivity contribution in [3.63, 3.8) is 0 Å². The summed E-state index contributed by atoms with van der Waals surface area (Å²) in [5.74, 6) is -0.336. The van der Waals surface area contributed by atoms with Crippen molar-refractivity contribution in [2.45, 2.75) is 6.54 Å². The van der Waals surface area contributed by atoms with Crippen LogP contribution >= 0.6 is 0 Å². The molecule has 0 saturated carbocycles. The van der Waals surface area contributed by atoms with Crippen molar-refractivity contribution < 1.29 is 9.53 Å². The molecule has 4 heteroatoms. The monoisotopic (exact) mass is 168 g/mol. The molecule has 1 aromatic rings. The Morgan fingerprint density at radius 1 is 1.67 bits per heavy atom. The lowest BCUT2D eigenvalue weighted by Crippen LogP contribution is -2.11. The van der Waals surface area contributed by atoms with Crippen LogP contribution in [0.4, 0.5) is 0 Å². The highest BCUT2D eigenvalue weighted by molar-refractivity contribution is 5.87. The van der Waals surface area contributed by atoms with Crippen molar-refractivity contribution in [3.05, 3.63) is 23.5 Å². The van der Waals surface area contributed by atoms with E-state index >= 15 is 0 Å². The van der Waals surface area contributed by atoms with Crippen LogP contribution in [0.15, 0.2) is 12.1 Å². The summed E-state index contributed by atoms with van der Waals surface area (Å²) in [5.41, 5.74) is 6.87. The molecule has 0 fully saturated rings. The summed E-state index contributed by atoms with van der Waals surface area (Å²) in [6.07, 6.45) is 0. The summed E-state index contributed by atoms with van der Waals surface area (Å²) in [5, 5.41) is 0. The highest BCUT2D eigenvalue weighted by atomic mass is 16.5. The number of nitrogens with zero attached hydrogens (tertiary/aromatic N) is 1. The lowest BCUT2D eigenvalue weighted by Gasteiger charge is -2.03. The van der Waals surface area contributed by atoms with E-state index in [1.54, 1.807) is 17.7 Å². The lowest BCUT2D eigenvalue weighted by molar-refractivity contribution is 0.0589. The third-order valence-electron chi connectivity index (χ3n) is 1.83. The molecule has 0 radical (unpaired) electrons. The van der Waals surface area contributed by atoms with Crippen LogP contribution in [0.3, 0.4) is 0 Å². The first kappa shape index (κ1) is 8.80. The number of hydrogen-bond donors (Lipinski definition) is 1. The van der Waals surface area contributed by atoms with E-state index in [4.69, 9.17) is 5.73 Å². The maximum atomic E-state index is 11.1. The van der Waals surface area contributed by atoms with Gasteiger partial charge in [-0.1, -0.05) is 0 Å². The number of esters is 1. The van der Waals surface area contributed by atoms with Gasteiger partial charge < -0.3 is 15.0 Å². The first-order valence-electron chi connectivity index (χ1n) is 3.63. The van der Waals surface area contributed by atoms with E-state index in [9.17, 15) is 4.79 Å². The maximum absolute atomic E-state index is 11.1. The number of ether oxygens (including phenoxy) is 1. The van der Waals surface area contributed by atoms with Crippen LogP contribution in [0.5, 0.6) is 0 Å². The highest BCUT2D eigenvalue weighted by Gasteiger charge is 2.10. The Labute approximate surface area is 70.9 Å². The number of aromatic nitrogens is 1. The van der Waals surface area contributed by atoms with Crippen LogP contribution < -0.4 is 5.73 Å². The smallest absolute Gasteiger partial charge is 0.354 e. The van der Waals surface area contributed by atoms with E-state index in [0.29, 0.717) is 12.2 Å². The van der Waals surface area contributed by atoms with Gasteiger partial charge in [0.1, 0.15) is 5.69 Å². The molecule has 1 heterocycles. The molecular weight excluding hydrogens is 156 g/mol. The number of nitrogens with two attached hydrogens (primary N) is 1. The van der Waals surface area contributed by atoms with E-state index in [0.717, 1.165) is 5.69 Å². The third-order valence-corrected chi connectivity index (χ3v) is 1.83. The van der Waals surface area contributed by atoms with Crippen LogP contribution in [0.1, 0.15) is 16.2 Å². The van der Waals surface area contributed by atoms with Gasteiger partial charge in [0.2, 0.25) is 0 Å². The number of carbonyl (C=O) groups excluding carboxylic acids is 1. The van der Waals surface area contributed by atoms with E-state index in [1.165, 1.54) is 7.11 Å². The number of carbonyl (C=O) groups is 1. The van der Waals surface area contributed by atoms with Crippen molar-refractivity contribution in [1.29, 1.82) is 0 Å². The fourth-order valence-electron chi connectivity index (χ4n) is 1.07. The van der Waals surface area contributed by atoms with Gasteiger partial charge in [-0.05, 0) is 12.1 Å². The van der Waals surface area contributed by atoms with Gasteiger partial charge in [-0.25, -0.2) is 4.79 Å². The Kier molecular flexibility index (Phi) is 2.50. The van der Waals surface area contributed by atoms with Gasteiger partial charge in [-0.2, -0.15) is 0 Å². The second-order valence-electron chi connectivity index (χ2n) is 2.46. The number of rotatable bonds is 2. The van der Waals surface area contributed by atoms with Crippen molar-refractivity contribution in [2.24, 2.45) is 12.8 Å². The second-order valence-corrected chi connectivity index (χ2v) is 2.46. The molecule has 1 rings (SSSR count). The van der Waals surface area contributed by atoms with Crippen LogP contribution in [-0.4, -0.2) is 17.6 Å². The SMILES string of the molecule is COC(=O)c1ccc(CN)n1C. The fourth-order valence-corrected chi connectivity index (χ4v) is 1.07. The standard InChI is InChI=1S/C8H12N2O2/c1-10-6(5-9)3-4-7(10)8(11)12-2/h3-4H,5,9H2,1-2H3. The molecule has 0 unspecified atom stereocenters. The Morgan fingerprint density at radius 3 is 2.75 bits per heavy atom. The average Bonchev–Trinajstić information content (AvgIpc) is 2.45. The fraction of sp³-hybridized carbons (Fsp3) is 0.375. The van der Waals surface area contributed by atoms with E-state index in [-0.39, 0.29) is 5.97 Å². The van der Waals surface area contributed by atoms with Crippen LogP contribution in [0, 0.1) is 0 Å². The predicted octanol–water partition coefficient (Wildman–Crippen LogP) is 0.270. The molecule has 0 atom stereocenters. The summed E-state index contributed by atoms with van der Waals surface area (Å²) in [4.78, 5) is 11.1. The largest absolute Gasteiger partial charge is 0.464 e. The Hall–Kier alpha value is -1.29. The van der Waals surface area contributed by atoms with E-state index in [2.05, 4.69) is 4.74 Å². The number of methoxy groups -OCH3 is 1. The molecular formula is C8H12N2O2. The normalized spacial score (nSPS) is 9.92. The van der Waals surface area contributed by atoms with Gasteiger partial charge in [0.15, 0.2) is 0 Å². The molecule has 0 spiro atoms. The zero-order valence-electron chi connectivity index (χ0n) is 7.20. The zero-order valence-corrected chi connectivity index (χ0v) is 7.20. The molecule has 66 valence electrons. The van der Waals surface area contributed by atoms with E-state index in [1.807, 2.05) is 6.07 Å². The van der Waals surface area contributed by atoms with Crippen molar-refractivity contribution in [2.75, 3.05) is 7.11 Å². The quantitative estimate of drug-likeness (QED) is 0.645. The third kappa shape index (κ3) is 1.33. The van der Waals surface area contributed by atoms with Crippen LogP contribution in [0.25, 0.3) is 0 Å². The predicted molar refractivity (Wildman–Crippen MR) is 44.6 cm³/mol. The van der Waals surface area contributed by atoms with Gasteiger partial charge in [-0.15, -0.1) is 0 Å². The van der Waals surface area contributed by atoms with E-state index < -0.39 is 0 Å². The molecule has 0 aliphatic heterocycles. The van der Waals surface area contributed by atoms with Crippen LogP contribution in [-0.2, 0) is 18.3 Å². The molecule has 1 aromatic heterocycles. The van der Waals surface area contributed by atoms with Crippen molar-refractivity contribution >= 4 is 5.97 Å². The van der Waals surface area contributed by atoms with Crippen molar-refractivity contribution in [3.8, 4) is 0 Å². The molecule has 0 aliphatic carbocycles. The Morgan fingerprint density at radius 2 is 2.33 bits per heavy atom. The molecule has 0 amide bonds. The van der Waals surface area contributed by atoms with Crippen molar-refractivity contribution in [1.82, 2.24) is 4.57 Å². The first-order valence-corrected chi connectivity index (χ1v) is 3.63. The molecule has 0 bridgehead atoms. The van der Waals surface area contributed by atoms with Gasteiger partial charge in [0.25, 0.3) is 0 Å². The summed E-state index contributed by atoms with van der Waals surface area (Å²) in [6.45, 7) is 0.424. The van der Waals surface area contributed by atoms with Gasteiger partial charge >= 0.3 is 5.97 Å². The van der Waals surface area contributed by atoms with Gasteiger partial charge in [0.05, 0.1) is 7.11 Å². The minimum atomic E-state index is -0.336. The maximum Gasteiger partial charge on any atom is 0.354 e. The average molecular weight is 168 g/mol. The second kappa shape index (κ2) is 3.40. The lowest BCUT2D eigenvalue weighted by atomic mass is 10.4. The Bertz CT molecular complexity index is 291. The van der Waals surface area contributed by atoms with Gasteiger partial charge in [-0.3, -0.25) is 0 Å². The summed E-state index contributed by atoms with van der Waals surface area (Å²) in [7, 11) is 3.14. The Balaban J connectivity index is 3.02. The molecule has 0 saturated heterocycles. The highest BCUT2D eigenvalue weighted by Crippen LogP contribution is 2.07. The number of hydrogen-bond acceptors (Lipinski definition) is 3. The molecule has 12 heavy (non-hydrogen) atoms. The first-order chi connectivity index (χ1) is 5.70.